The fourth-order valence-corrected chi connectivity index (χ4v) is 2.98. The van der Waals surface area contributed by atoms with Crippen molar-refractivity contribution >= 4 is 5.78 Å². The topological polar surface area (TPSA) is 20.3 Å². The zero-order chi connectivity index (χ0) is 10.7. The fourth-order valence-electron chi connectivity index (χ4n) is 2.98. The molecule has 0 aromatic heterocycles. The zero-order valence-electron chi connectivity index (χ0n) is 9.87. The highest BCUT2D eigenvalue weighted by Crippen LogP contribution is 2.26. The number of hydrogen-bond acceptors (Lipinski definition) is 2. The molecule has 2 nitrogen and oxygen atoms in total. The first kappa shape index (κ1) is 11.1. The predicted octanol–water partition coefficient (Wildman–Crippen LogP) is 2.48. The molecule has 0 bridgehead atoms. The van der Waals surface area contributed by atoms with Gasteiger partial charge in [-0.05, 0) is 44.7 Å². The molecule has 2 atom stereocenters. The van der Waals surface area contributed by atoms with Crippen LogP contribution < -0.4 is 0 Å². The van der Waals surface area contributed by atoms with Gasteiger partial charge in [0, 0.05) is 18.9 Å². The van der Waals surface area contributed by atoms with Crippen molar-refractivity contribution in [3.63, 3.8) is 0 Å². The normalized spacial score (nSPS) is 32.7. The summed E-state index contributed by atoms with van der Waals surface area (Å²) >= 11 is 0. The van der Waals surface area contributed by atoms with E-state index in [2.05, 4.69) is 11.8 Å². The van der Waals surface area contributed by atoms with Gasteiger partial charge in [0.05, 0.1) is 0 Å². The second kappa shape index (κ2) is 5.11. The van der Waals surface area contributed by atoms with Gasteiger partial charge in [-0.15, -0.1) is 0 Å². The quantitative estimate of drug-likeness (QED) is 0.709. The van der Waals surface area contributed by atoms with Crippen LogP contribution in [-0.4, -0.2) is 30.3 Å². The number of rotatable bonds is 4. The fraction of sp³-hybridized carbons (Fsp3) is 0.923. The Balaban J connectivity index is 1.68. The average Bonchev–Trinajstić information content (AvgIpc) is 2.84. The Morgan fingerprint density at radius 2 is 2.27 bits per heavy atom. The van der Waals surface area contributed by atoms with E-state index in [4.69, 9.17) is 0 Å². The first-order valence-electron chi connectivity index (χ1n) is 6.54. The molecule has 2 aliphatic rings. The van der Waals surface area contributed by atoms with E-state index < -0.39 is 0 Å². The largest absolute Gasteiger partial charge is 0.303 e. The molecule has 2 unspecified atom stereocenters. The lowest BCUT2D eigenvalue weighted by Crippen LogP contribution is -2.24. The molecule has 1 saturated carbocycles. The predicted molar refractivity (Wildman–Crippen MR) is 61.8 cm³/mol. The number of carbonyl (C=O) groups excluding carboxylic acids is 1. The molecule has 2 heteroatoms. The summed E-state index contributed by atoms with van der Waals surface area (Å²) in [5.41, 5.74) is 0. The summed E-state index contributed by atoms with van der Waals surface area (Å²) in [6, 6.07) is 0. The Labute approximate surface area is 93.0 Å². The molecule has 15 heavy (non-hydrogen) atoms. The number of nitrogens with zero attached hydrogens (tertiary/aromatic N) is 1. The first-order chi connectivity index (χ1) is 7.29. The van der Waals surface area contributed by atoms with E-state index in [1.165, 1.54) is 25.9 Å². The molecule has 2 fully saturated rings. The van der Waals surface area contributed by atoms with Crippen LogP contribution in [0.15, 0.2) is 0 Å². The van der Waals surface area contributed by atoms with Crippen LogP contribution in [0.3, 0.4) is 0 Å². The van der Waals surface area contributed by atoms with E-state index in [1.54, 1.807) is 0 Å². The first-order valence-corrected chi connectivity index (χ1v) is 6.54. The summed E-state index contributed by atoms with van der Waals surface area (Å²) in [5.74, 6) is 1.86. The molecule has 0 N–H and O–H groups in total. The number of carbonyl (C=O) groups is 1. The molecule has 0 amide bonds. The highest BCUT2D eigenvalue weighted by atomic mass is 16.1. The molecule has 1 aliphatic carbocycles. The minimum atomic E-state index is 0.408. The molecule has 0 aromatic carbocycles. The molecule has 2 rings (SSSR count). The van der Waals surface area contributed by atoms with Crippen molar-refractivity contribution in [2.45, 2.75) is 45.4 Å². The summed E-state index contributed by atoms with van der Waals surface area (Å²) < 4.78 is 0. The highest BCUT2D eigenvalue weighted by molar-refractivity contribution is 5.82. The molecule has 0 spiro atoms. The van der Waals surface area contributed by atoms with E-state index in [0.29, 0.717) is 11.7 Å². The Hall–Kier alpha value is -0.370. The van der Waals surface area contributed by atoms with E-state index >= 15 is 0 Å². The third-order valence-electron chi connectivity index (χ3n) is 4.17. The Kier molecular flexibility index (Phi) is 3.79. The third kappa shape index (κ3) is 2.81. The van der Waals surface area contributed by atoms with Gasteiger partial charge in [0.15, 0.2) is 0 Å². The lowest BCUT2D eigenvalue weighted by Gasteiger charge is -2.17. The van der Waals surface area contributed by atoms with Crippen molar-refractivity contribution in [1.29, 1.82) is 0 Å². The van der Waals surface area contributed by atoms with E-state index in [0.717, 1.165) is 38.1 Å². The number of Topliss-reactive ketones (excluding diaryl/α,β-unsaturated/α-hetero) is 1. The summed E-state index contributed by atoms with van der Waals surface area (Å²) in [4.78, 5) is 14.0. The third-order valence-corrected chi connectivity index (χ3v) is 4.17. The highest BCUT2D eigenvalue weighted by Gasteiger charge is 2.26. The Bertz CT molecular complexity index is 227. The minimum absolute atomic E-state index is 0.408. The van der Waals surface area contributed by atoms with Crippen molar-refractivity contribution < 1.29 is 4.79 Å². The minimum Gasteiger partial charge on any atom is -0.303 e. The molecule has 1 saturated heterocycles. The van der Waals surface area contributed by atoms with Gasteiger partial charge in [-0.3, -0.25) is 4.79 Å². The van der Waals surface area contributed by atoms with E-state index in [1.807, 2.05) is 0 Å². The van der Waals surface area contributed by atoms with Gasteiger partial charge in [0.2, 0.25) is 0 Å². The molecule has 86 valence electrons. The SMILES string of the molecule is CCC1CCN(CCC2CCCC2=O)C1. The van der Waals surface area contributed by atoms with Gasteiger partial charge in [0.25, 0.3) is 0 Å². The van der Waals surface area contributed by atoms with Gasteiger partial charge in [-0.2, -0.15) is 0 Å². The Morgan fingerprint density at radius 1 is 1.40 bits per heavy atom. The van der Waals surface area contributed by atoms with Gasteiger partial charge < -0.3 is 4.90 Å². The monoisotopic (exact) mass is 209 g/mol. The van der Waals surface area contributed by atoms with Gasteiger partial charge >= 0.3 is 0 Å². The maximum absolute atomic E-state index is 11.5. The zero-order valence-corrected chi connectivity index (χ0v) is 9.87. The van der Waals surface area contributed by atoms with Gasteiger partial charge in [-0.25, -0.2) is 0 Å². The van der Waals surface area contributed by atoms with Crippen LogP contribution in [0.25, 0.3) is 0 Å². The van der Waals surface area contributed by atoms with Crippen LogP contribution in [0.5, 0.6) is 0 Å². The lowest BCUT2D eigenvalue weighted by molar-refractivity contribution is -0.120. The van der Waals surface area contributed by atoms with Crippen LogP contribution in [0.2, 0.25) is 0 Å². The van der Waals surface area contributed by atoms with Gasteiger partial charge in [0.1, 0.15) is 5.78 Å². The van der Waals surface area contributed by atoms with Crippen molar-refractivity contribution in [2.75, 3.05) is 19.6 Å². The second-order valence-corrected chi connectivity index (χ2v) is 5.21. The molecular weight excluding hydrogens is 186 g/mol. The number of ketones is 1. The number of hydrogen-bond donors (Lipinski definition) is 0. The average molecular weight is 209 g/mol. The summed E-state index contributed by atoms with van der Waals surface area (Å²) in [6.45, 7) is 5.98. The molecule has 0 radical (unpaired) electrons. The molecule has 1 aliphatic heterocycles. The molecule has 1 heterocycles. The smallest absolute Gasteiger partial charge is 0.136 e. The van der Waals surface area contributed by atoms with Crippen LogP contribution in [0, 0.1) is 11.8 Å². The van der Waals surface area contributed by atoms with Crippen molar-refractivity contribution in [3.05, 3.63) is 0 Å². The van der Waals surface area contributed by atoms with Crippen molar-refractivity contribution in [3.8, 4) is 0 Å². The van der Waals surface area contributed by atoms with Gasteiger partial charge in [-0.1, -0.05) is 13.3 Å². The summed E-state index contributed by atoms with van der Waals surface area (Å²) in [7, 11) is 0. The van der Waals surface area contributed by atoms with Crippen LogP contribution in [0.4, 0.5) is 0 Å². The van der Waals surface area contributed by atoms with E-state index in [9.17, 15) is 4.79 Å². The van der Waals surface area contributed by atoms with E-state index in [-0.39, 0.29) is 0 Å². The van der Waals surface area contributed by atoms with Crippen LogP contribution in [-0.2, 0) is 4.79 Å². The summed E-state index contributed by atoms with van der Waals surface area (Å²) in [6.07, 6.45) is 6.95. The summed E-state index contributed by atoms with van der Waals surface area (Å²) in [5, 5.41) is 0. The van der Waals surface area contributed by atoms with Crippen molar-refractivity contribution in [1.82, 2.24) is 4.90 Å². The second-order valence-electron chi connectivity index (χ2n) is 5.21. The van der Waals surface area contributed by atoms with Crippen molar-refractivity contribution in [2.24, 2.45) is 11.8 Å². The maximum Gasteiger partial charge on any atom is 0.136 e. The number of likely N-dealkylation sites (tertiary alicyclic amines) is 1. The molecule has 0 aromatic rings. The van der Waals surface area contributed by atoms with Crippen LogP contribution >= 0.6 is 0 Å². The Morgan fingerprint density at radius 3 is 2.87 bits per heavy atom. The standard InChI is InChI=1S/C13H23NO/c1-2-11-6-8-14(10-11)9-7-12-4-3-5-13(12)15/h11-12H,2-10H2,1H3. The molecular formula is C13H23NO. The van der Waals surface area contributed by atoms with Crippen LogP contribution in [0.1, 0.15) is 45.4 Å². The maximum atomic E-state index is 11.5. The lowest BCUT2D eigenvalue weighted by atomic mass is 10.0.